The predicted octanol–water partition coefficient (Wildman–Crippen LogP) is 6.81. The number of rotatable bonds is 2. The number of aromatic nitrogens is 4. The van der Waals surface area contributed by atoms with E-state index in [9.17, 15) is 4.39 Å². The number of para-hydroxylation sites is 2. The van der Waals surface area contributed by atoms with Crippen molar-refractivity contribution in [2.45, 2.75) is 0 Å². The van der Waals surface area contributed by atoms with E-state index in [1.165, 1.54) is 6.07 Å². The molecule has 7 rings (SSSR count). The van der Waals surface area contributed by atoms with Crippen LogP contribution < -0.4 is 0 Å². The van der Waals surface area contributed by atoms with Gasteiger partial charge in [0.1, 0.15) is 16.9 Å². The molecule has 0 bridgehead atoms. The molecule has 0 spiro atoms. The van der Waals surface area contributed by atoms with Crippen LogP contribution in [0.3, 0.4) is 0 Å². The molecule has 4 aromatic heterocycles. The Labute approximate surface area is 188 Å². The van der Waals surface area contributed by atoms with Crippen LogP contribution >= 0.6 is 0 Å². The van der Waals surface area contributed by atoms with Gasteiger partial charge in [0, 0.05) is 23.0 Å². The highest BCUT2D eigenvalue weighted by Gasteiger charge is 2.20. The summed E-state index contributed by atoms with van der Waals surface area (Å²) >= 11 is 0. The third-order valence-corrected chi connectivity index (χ3v) is 6.20. The maximum atomic E-state index is 14.2. The quantitative estimate of drug-likeness (QED) is 0.303. The topological polar surface area (TPSA) is 35.6 Å². The number of fused-ring (bicyclic) bond motifs is 6. The summed E-state index contributed by atoms with van der Waals surface area (Å²) in [5.74, 6) is -0.279. The zero-order chi connectivity index (χ0) is 21.9. The standard InChI is InChI=1S/C28H17FN4/c29-18-8-6-11-20(16-18)33-23-14-7-15-30-27(23)28-25(33)17-24-26(31-28)21-12-4-5-13-22(21)32(24)19-9-2-1-3-10-19/h1-17H. The number of hydrogen-bond acceptors (Lipinski definition) is 2. The zero-order valence-corrected chi connectivity index (χ0v) is 17.5. The van der Waals surface area contributed by atoms with E-state index in [2.05, 4.69) is 39.9 Å². The van der Waals surface area contributed by atoms with Crippen molar-refractivity contribution in [2.75, 3.05) is 0 Å². The van der Waals surface area contributed by atoms with Crippen LogP contribution in [0.15, 0.2) is 103 Å². The van der Waals surface area contributed by atoms with Gasteiger partial charge in [-0.05, 0) is 54.6 Å². The fraction of sp³-hybridized carbons (Fsp3) is 0. The fourth-order valence-corrected chi connectivity index (χ4v) is 4.84. The second-order valence-electron chi connectivity index (χ2n) is 8.10. The Balaban J connectivity index is 1.70. The van der Waals surface area contributed by atoms with Crippen LogP contribution in [0.5, 0.6) is 0 Å². The Morgan fingerprint density at radius 1 is 0.545 bits per heavy atom. The summed E-state index contributed by atoms with van der Waals surface area (Å²) in [6.07, 6.45) is 1.77. The molecular weight excluding hydrogens is 411 g/mol. The molecule has 33 heavy (non-hydrogen) atoms. The van der Waals surface area contributed by atoms with Gasteiger partial charge in [-0.15, -0.1) is 0 Å². The molecule has 4 heterocycles. The first kappa shape index (κ1) is 18.1. The number of halogens is 1. The third kappa shape index (κ3) is 2.56. The van der Waals surface area contributed by atoms with E-state index in [1.54, 1.807) is 18.3 Å². The van der Waals surface area contributed by atoms with Gasteiger partial charge in [0.15, 0.2) is 0 Å². The molecular formula is C28H17FN4. The highest BCUT2D eigenvalue weighted by molar-refractivity contribution is 6.14. The van der Waals surface area contributed by atoms with Gasteiger partial charge in [-0.25, -0.2) is 9.37 Å². The first-order chi connectivity index (χ1) is 16.3. The van der Waals surface area contributed by atoms with E-state index < -0.39 is 0 Å². The van der Waals surface area contributed by atoms with Gasteiger partial charge in [0.05, 0.1) is 27.6 Å². The van der Waals surface area contributed by atoms with Crippen LogP contribution in [0.1, 0.15) is 0 Å². The van der Waals surface area contributed by atoms with E-state index >= 15 is 0 Å². The van der Waals surface area contributed by atoms with Crippen molar-refractivity contribution >= 4 is 44.0 Å². The van der Waals surface area contributed by atoms with Crippen LogP contribution in [-0.4, -0.2) is 19.1 Å². The van der Waals surface area contributed by atoms with Gasteiger partial charge >= 0.3 is 0 Å². The molecule has 0 N–H and O–H groups in total. The number of benzene rings is 3. The Hall–Kier alpha value is -4.51. The summed E-state index contributed by atoms with van der Waals surface area (Å²) in [5, 5.41) is 1.08. The maximum absolute atomic E-state index is 14.2. The second-order valence-corrected chi connectivity index (χ2v) is 8.10. The number of nitrogens with zero attached hydrogens (tertiary/aromatic N) is 4. The molecule has 0 fully saturated rings. The zero-order valence-electron chi connectivity index (χ0n) is 17.5. The minimum atomic E-state index is -0.279. The lowest BCUT2D eigenvalue weighted by Crippen LogP contribution is -1.96. The Kier molecular flexibility index (Phi) is 3.70. The van der Waals surface area contributed by atoms with Gasteiger partial charge in [0.2, 0.25) is 0 Å². The summed E-state index contributed by atoms with van der Waals surface area (Å²) in [7, 11) is 0. The van der Waals surface area contributed by atoms with Gasteiger partial charge in [-0.2, -0.15) is 0 Å². The van der Waals surface area contributed by atoms with Crippen molar-refractivity contribution in [1.82, 2.24) is 19.1 Å². The molecule has 156 valence electrons. The largest absolute Gasteiger partial charge is 0.308 e. The Morgan fingerprint density at radius 2 is 1.27 bits per heavy atom. The summed E-state index contributed by atoms with van der Waals surface area (Å²) in [6, 6.07) is 31.3. The van der Waals surface area contributed by atoms with Crippen LogP contribution in [0, 0.1) is 5.82 Å². The summed E-state index contributed by atoms with van der Waals surface area (Å²) in [4.78, 5) is 9.80. The smallest absolute Gasteiger partial charge is 0.125 e. The average Bonchev–Trinajstić information content (AvgIpc) is 3.35. The summed E-state index contributed by atoms with van der Waals surface area (Å²) in [6.45, 7) is 0. The maximum Gasteiger partial charge on any atom is 0.125 e. The van der Waals surface area contributed by atoms with Crippen LogP contribution in [0.25, 0.3) is 55.4 Å². The summed E-state index contributed by atoms with van der Waals surface area (Å²) in [5.41, 5.74) is 8.21. The van der Waals surface area contributed by atoms with Crippen molar-refractivity contribution in [3.8, 4) is 11.4 Å². The molecule has 3 aromatic carbocycles. The molecule has 0 aliphatic carbocycles. The van der Waals surface area contributed by atoms with Crippen molar-refractivity contribution < 1.29 is 4.39 Å². The van der Waals surface area contributed by atoms with E-state index in [4.69, 9.17) is 4.98 Å². The molecule has 0 aliphatic heterocycles. The Bertz CT molecular complexity index is 1830. The van der Waals surface area contributed by atoms with Gasteiger partial charge in [0.25, 0.3) is 0 Å². The van der Waals surface area contributed by atoms with Crippen molar-refractivity contribution in [2.24, 2.45) is 0 Å². The molecule has 0 saturated carbocycles. The number of hydrogen-bond donors (Lipinski definition) is 0. The molecule has 0 atom stereocenters. The van der Waals surface area contributed by atoms with Crippen LogP contribution in [0.4, 0.5) is 4.39 Å². The predicted molar refractivity (Wildman–Crippen MR) is 131 cm³/mol. The molecule has 0 aliphatic rings. The van der Waals surface area contributed by atoms with Gasteiger partial charge in [-0.1, -0.05) is 42.5 Å². The van der Waals surface area contributed by atoms with Crippen molar-refractivity contribution in [1.29, 1.82) is 0 Å². The summed E-state index contributed by atoms with van der Waals surface area (Å²) < 4.78 is 18.5. The van der Waals surface area contributed by atoms with Crippen LogP contribution in [0.2, 0.25) is 0 Å². The molecule has 0 amide bonds. The molecule has 0 unspecified atom stereocenters. The molecule has 5 heteroatoms. The highest BCUT2D eigenvalue weighted by Crippen LogP contribution is 2.36. The second kappa shape index (κ2) is 6.74. The highest BCUT2D eigenvalue weighted by atomic mass is 19.1. The van der Waals surface area contributed by atoms with Crippen molar-refractivity contribution in [3.05, 3.63) is 109 Å². The van der Waals surface area contributed by atoms with Gasteiger partial charge < -0.3 is 9.13 Å². The fourth-order valence-electron chi connectivity index (χ4n) is 4.84. The monoisotopic (exact) mass is 428 g/mol. The molecule has 4 nitrogen and oxygen atoms in total. The lowest BCUT2D eigenvalue weighted by atomic mass is 10.2. The normalized spacial score (nSPS) is 11.8. The van der Waals surface area contributed by atoms with E-state index in [0.717, 1.165) is 55.4 Å². The van der Waals surface area contributed by atoms with E-state index in [1.807, 2.05) is 53.1 Å². The Morgan fingerprint density at radius 3 is 2.15 bits per heavy atom. The SMILES string of the molecule is Fc1cccc(-n2c3cccnc3c3nc4c5ccccc5n(-c5ccccc5)c4cc32)c1. The molecule has 7 aromatic rings. The first-order valence-corrected chi connectivity index (χ1v) is 10.8. The van der Waals surface area contributed by atoms with Gasteiger partial charge in [-0.3, -0.25) is 4.98 Å². The van der Waals surface area contributed by atoms with E-state index in [-0.39, 0.29) is 5.82 Å². The lowest BCUT2D eigenvalue weighted by Gasteiger charge is -2.09. The van der Waals surface area contributed by atoms with E-state index in [0.29, 0.717) is 0 Å². The molecule has 0 saturated heterocycles. The lowest BCUT2D eigenvalue weighted by molar-refractivity contribution is 0.627. The number of pyridine rings is 2. The average molecular weight is 428 g/mol. The van der Waals surface area contributed by atoms with Crippen molar-refractivity contribution in [3.63, 3.8) is 0 Å². The third-order valence-electron chi connectivity index (χ3n) is 6.20. The van der Waals surface area contributed by atoms with Crippen LogP contribution in [-0.2, 0) is 0 Å². The first-order valence-electron chi connectivity index (χ1n) is 10.8. The minimum Gasteiger partial charge on any atom is -0.308 e. The minimum absolute atomic E-state index is 0.279. The molecule has 0 radical (unpaired) electrons.